The van der Waals surface area contributed by atoms with Crippen LogP contribution < -0.4 is 14.9 Å². The zero-order valence-corrected chi connectivity index (χ0v) is 19.5. The fraction of sp³-hybridized carbons (Fsp3) is 0.292. The largest absolute Gasteiger partial charge is 0.493 e. The van der Waals surface area contributed by atoms with E-state index < -0.39 is 5.97 Å². The molecule has 1 amide bonds. The van der Waals surface area contributed by atoms with E-state index in [9.17, 15) is 14.4 Å². The summed E-state index contributed by atoms with van der Waals surface area (Å²) in [5.74, 6) is 1.42. The number of nitrogens with one attached hydrogen (secondary N) is 1. The average Bonchev–Trinajstić information content (AvgIpc) is 3.14. The number of anilines is 1. The second-order valence-corrected chi connectivity index (χ2v) is 9.87. The van der Waals surface area contributed by atoms with E-state index in [1.165, 1.54) is 11.3 Å². The predicted molar refractivity (Wildman–Crippen MR) is 128 cm³/mol. The summed E-state index contributed by atoms with van der Waals surface area (Å²) in [5, 5.41) is 3.68. The van der Waals surface area contributed by atoms with Crippen LogP contribution in [0.15, 0.2) is 58.4 Å². The SMILES string of the molecule is CCOC(=O)c1ccc(NC(=O)Cn2c3c(sc2=O)[C@@H]2c4ccccc4OC[C@@H]2CS3)cc1. The molecule has 0 saturated carbocycles. The third kappa shape index (κ3) is 4.18. The molecule has 2 atom stereocenters. The van der Waals surface area contributed by atoms with Gasteiger partial charge < -0.3 is 14.8 Å². The molecule has 0 fully saturated rings. The van der Waals surface area contributed by atoms with Crippen molar-refractivity contribution in [1.82, 2.24) is 4.57 Å². The van der Waals surface area contributed by atoms with Gasteiger partial charge in [-0.2, -0.15) is 0 Å². The third-order valence-corrected chi connectivity index (χ3v) is 8.25. The Bertz CT molecular complexity index is 1260. The zero-order chi connectivity index (χ0) is 22.9. The van der Waals surface area contributed by atoms with E-state index in [0.29, 0.717) is 30.4 Å². The van der Waals surface area contributed by atoms with Crippen molar-refractivity contribution in [2.45, 2.75) is 24.4 Å². The van der Waals surface area contributed by atoms with Crippen LogP contribution in [0, 0.1) is 5.92 Å². The van der Waals surface area contributed by atoms with Crippen molar-refractivity contribution in [3.8, 4) is 5.75 Å². The summed E-state index contributed by atoms with van der Waals surface area (Å²) in [6.07, 6.45) is 0. The predicted octanol–water partition coefficient (Wildman–Crippen LogP) is 3.97. The van der Waals surface area contributed by atoms with Crippen LogP contribution in [-0.2, 0) is 16.1 Å². The van der Waals surface area contributed by atoms with Crippen molar-refractivity contribution in [2.24, 2.45) is 5.92 Å². The number of para-hydroxylation sites is 1. The molecule has 7 nitrogen and oxygen atoms in total. The number of amides is 1. The fourth-order valence-electron chi connectivity index (χ4n) is 4.24. The van der Waals surface area contributed by atoms with Crippen LogP contribution in [0.25, 0.3) is 0 Å². The lowest BCUT2D eigenvalue weighted by Crippen LogP contribution is -2.31. The molecular weight excluding hydrogens is 460 g/mol. The van der Waals surface area contributed by atoms with Gasteiger partial charge in [0.25, 0.3) is 0 Å². The maximum atomic E-state index is 12.9. The number of hydrogen-bond donors (Lipinski definition) is 1. The van der Waals surface area contributed by atoms with E-state index in [0.717, 1.165) is 27.0 Å². The number of fused-ring (bicyclic) bond motifs is 5. The number of thioether (sulfide) groups is 1. The molecule has 0 aliphatic carbocycles. The van der Waals surface area contributed by atoms with Crippen LogP contribution in [0.2, 0.25) is 0 Å². The van der Waals surface area contributed by atoms with E-state index in [4.69, 9.17) is 9.47 Å². The Kier molecular flexibility index (Phi) is 5.99. The van der Waals surface area contributed by atoms with Gasteiger partial charge in [-0.25, -0.2) is 4.79 Å². The molecular formula is C24H22N2O5S2. The summed E-state index contributed by atoms with van der Waals surface area (Å²) in [6.45, 7) is 2.61. The third-order valence-electron chi connectivity index (χ3n) is 5.75. The lowest BCUT2D eigenvalue weighted by Gasteiger charge is -2.36. The molecule has 3 aromatic rings. The lowest BCUT2D eigenvalue weighted by atomic mass is 9.84. The minimum atomic E-state index is -0.406. The zero-order valence-electron chi connectivity index (χ0n) is 17.9. The highest BCUT2D eigenvalue weighted by molar-refractivity contribution is 7.99. The number of carbonyl (C=O) groups excluding carboxylic acids is 2. The Morgan fingerprint density at radius 2 is 1.97 bits per heavy atom. The highest BCUT2D eigenvalue weighted by Crippen LogP contribution is 2.50. The van der Waals surface area contributed by atoms with Gasteiger partial charge in [0.2, 0.25) is 5.91 Å². The van der Waals surface area contributed by atoms with E-state index in [-0.39, 0.29) is 23.2 Å². The van der Waals surface area contributed by atoms with Crippen molar-refractivity contribution in [2.75, 3.05) is 24.3 Å². The van der Waals surface area contributed by atoms with Crippen molar-refractivity contribution >= 4 is 40.7 Å². The summed E-state index contributed by atoms with van der Waals surface area (Å²) < 4.78 is 12.5. The quantitative estimate of drug-likeness (QED) is 0.554. The Hall–Kier alpha value is -3.04. The molecule has 2 aromatic carbocycles. The lowest BCUT2D eigenvalue weighted by molar-refractivity contribution is -0.116. The Morgan fingerprint density at radius 1 is 1.18 bits per heavy atom. The number of benzene rings is 2. The number of esters is 1. The summed E-state index contributed by atoms with van der Waals surface area (Å²) in [5.41, 5.74) is 2.08. The highest BCUT2D eigenvalue weighted by atomic mass is 32.2. The van der Waals surface area contributed by atoms with Gasteiger partial charge in [-0.05, 0) is 37.3 Å². The van der Waals surface area contributed by atoms with Crippen molar-refractivity contribution in [3.05, 3.63) is 74.2 Å². The first kappa shape index (κ1) is 21.8. The monoisotopic (exact) mass is 482 g/mol. The summed E-state index contributed by atoms with van der Waals surface area (Å²) >= 11 is 2.84. The van der Waals surface area contributed by atoms with Gasteiger partial charge in [-0.1, -0.05) is 29.5 Å². The van der Waals surface area contributed by atoms with Crippen LogP contribution in [0.3, 0.4) is 0 Å². The molecule has 2 aliphatic heterocycles. The second kappa shape index (κ2) is 9.07. The van der Waals surface area contributed by atoms with Crippen molar-refractivity contribution in [3.63, 3.8) is 0 Å². The molecule has 9 heteroatoms. The van der Waals surface area contributed by atoms with Gasteiger partial charge in [0.1, 0.15) is 12.3 Å². The van der Waals surface area contributed by atoms with E-state index in [1.807, 2.05) is 18.2 Å². The van der Waals surface area contributed by atoms with E-state index in [1.54, 1.807) is 47.5 Å². The first-order valence-corrected chi connectivity index (χ1v) is 12.5. The fourth-order valence-corrected chi connectivity index (χ4v) is 6.93. The maximum absolute atomic E-state index is 12.9. The molecule has 170 valence electrons. The van der Waals surface area contributed by atoms with E-state index >= 15 is 0 Å². The van der Waals surface area contributed by atoms with Crippen LogP contribution in [0.5, 0.6) is 5.75 Å². The normalized spacial score (nSPS) is 18.3. The van der Waals surface area contributed by atoms with Gasteiger partial charge >= 0.3 is 10.8 Å². The second-order valence-electron chi connectivity index (χ2n) is 7.87. The minimum absolute atomic E-state index is 0.0627. The summed E-state index contributed by atoms with van der Waals surface area (Å²) in [7, 11) is 0. The van der Waals surface area contributed by atoms with Crippen LogP contribution >= 0.6 is 23.1 Å². The summed E-state index contributed by atoms with van der Waals surface area (Å²) in [6, 6.07) is 14.5. The highest BCUT2D eigenvalue weighted by Gasteiger charge is 2.39. The first-order valence-electron chi connectivity index (χ1n) is 10.7. The number of thiazole rings is 1. The molecule has 0 unspecified atom stereocenters. The number of carbonyl (C=O) groups is 2. The summed E-state index contributed by atoms with van der Waals surface area (Å²) in [4.78, 5) is 38.3. The molecule has 1 aromatic heterocycles. The molecule has 0 saturated heterocycles. The standard InChI is InChI=1S/C24H22N2O5S2/c1-2-30-23(28)14-7-9-16(10-8-14)25-19(27)11-26-22-21(33-24(26)29)20-15(13-32-22)12-31-18-6-4-3-5-17(18)20/h3-10,15,20H,2,11-13H2,1H3,(H,25,27)/t15-,20+/m1/s1. The van der Waals surface area contributed by atoms with E-state index in [2.05, 4.69) is 11.4 Å². The molecule has 2 aliphatic rings. The number of hydrogen-bond acceptors (Lipinski definition) is 7. The molecule has 3 heterocycles. The number of nitrogens with zero attached hydrogens (tertiary/aromatic N) is 1. The number of rotatable bonds is 5. The first-order chi connectivity index (χ1) is 16.0. The molecule has 0 radical (unpaired) electrons. The Morgan fingerprint density at radius 3 is 2.76 bits per heavy atom. The van der Waals surface area contributed by atoms with Crippen LogP contribution in [0.4, 0.5) is 5.69 Å². The molecule has 0 spiro atoms. The van der Waals surface area contributed by atoms with Crippen LogP contribution in [-0.4, -0.2) is 35.4 Å². The number of ether oxygens (including phenoxy) is 2. The van der Waals surface area contributed by atoms with Gasteiger partial charge in [-0.15, -0.1) is 11.8 Å². The van der Waals surface area contributed by atoms with Gasteiger partial charge in [0.15, 0.2) is 0 Å². The average molecular weight is 483 g/mol. The maximum Gasteiger partial charge on any atom is 0.338 e. The van der Waals surface area contributed by atoms with Crippen molar-refractivity contribution in [1.29, 1.82) is 0 Å². The van der Waals surface area contributed by atoms with Crippen molar-refractivity contribution < 1.29 is 19.1 Å². The molecule has 0 bridgehead atoms. The van der Waals surface area contributed by atoms with Gasteiger partial charge in [0.05, 0.1) is 23.8 Å². The Labute approximate surface area is 198 Å². The van der Waals surface area contributed by atoms with Gasteiger partial charge in [-0.3, -0.25) is 14.2 Å². The Balaban J connectivity index is 1.35. The molecule has 5 rings (SSSR count). The molecule has 1 N–H and O–H groups in total. The van der Waals surface area contributed by atoms with Crippen LogP contribution in [0.1, 0.15) is 33.6 Å². The topological polar surface area (TPSA) is 86.6 Å². The smallest absolute Gasteiger partial charge is 0.338 e. The minimum Gasteiger partial charge on any atom is -0.493 e. The number of aromatic nitrogens is 1. The van der Waals surface area contributed by atoms with Gasteiger partial charge in [0, 0.05) is 33.7 Å². The molecule has 33 heavy (non-hydrogen) atoms.